The molecule has 0 amide bonds. The van der Waals surface area contributed by atoms with Crippen molar-refractivity contribution < 1.29 is 5.11 Å². The first kappa shape index (κ1) is 13.4. The van der Waals surface area contributed by atoms with E-state index in [1.54, 1.807) is 6.92 Å². The van der Waals surface area contributed by atoms with E-state index in [9.17, 15) is 5.11 Å². The predicted molar refractivity (Wildman–Crippen MR) is 62.1 cm³/mol. The molecule has 0 aliphatic rings. The van der Waals surface area contributed by atoms with Gasteiger partial charge in [-0.05, 0) is 33.6 Å². The fraction of sp³-hybridized carbons (Fsp3) is 0.667. The highest BCUT2D eigenvalue weighted by Crippen LogP contribution is 2.15. The van der Waals surface area contributed by atoms with Crippen LogP contribution in [0.4, 0.5) is 0 Å². The molecule has 3 atom stereocenters. The molecule has 0 aromatic carbocycles. The summed E-state index contributed by atoms with van der Waals surface area (Å²) < 4.78 is 0. The molecule has 0 saturated carbocycles. The van der Waals surface area contributed by atoms with Gasteiger partial charge in [0.1, 0.15) is 6.23 Å². The highest BCUT2D eigenvalue weighted by atomic mass is 16.3. The van der Waals surface area contributed by atoms with Crippen molar-refractivity contribution in [3.8, 4) is 0 Å². The summed E-state index contributed by atoms with van der Waals surface area (Å²) in [5, 5.41) is 9.66. The number of rotatable bonds is 7. The van der Waals surface area contributed by atoms with Crippen LogP contribution in [0.2, 0.25) is 0 Å². The van der Waals surface area contributed by atoms with Crippen LogP contribution in [0.5, 0.6) is 0 Å². The van der Waals surface area contributed by atoms with Crippen molar-refractivity contribution in [2.45, 2.75) is 51.9 Å². The minimum atomic E-state index is -0.417. The van der Waals surface area contributed by atoms with Crippen LogP contribution < -0.4 is 0 Å². The molecule has 14 heavy (non-hydrogen) atoms. The summed E-state index contributed by atoms with van der Waals surface area (Å²) in [6, 6.07) is 0.643. The van der Waals surface area contributed by atoms with E-state index < -0.39 is 6.23 Å². The van der Waals surface area contributed by atoms with Gasteiger partial charge in [0.05, 0.1) is 0 Å². The van der Waals surface area contributed by atoms with Crippen molar-refractivity contribution in [2.24, 2.45) is 0 Å². The third kappa shape index (κ3) is 4.07. The summed E-state index contributed by atoms with van der Waals surface area (Å²) in [5.74, 6) is 0. The number of aliphatic hydroxyl groups is 1. The molecule has 1 N–H and O–H groups in total. The summed E-state index contributed by atoms with van der Waals surface area (Å²) in [4.78, 5) is 2.09. The van der Waals surface area contributed by atoms with Gasteiger partial charge in [-0.25, -0.2) is 0 Å². The Morgan fingerprint density at radius 1 is 1.07 bits per heavy atom. The normalized spacial score (nSPS) is 17.5. The average molecular weight is 197 g/mol. The molecule has 0 aliphatic carbocycles. The van der Waals surface area contributed by atoms with Crippen molar-refractivity contribution in [3.05, 3.63) is 25.3 Å². The van der Waals surface area contributed by atoms with Crippen LogP contribution in [-0.2, 0) is 0 Å². The molecule has 0 aliphatic heterocycles. The molecule has 0 heterocycles. The van der Waals surface area contributed by atoms with Gasteiger partial charge >= 0.3 is 0 Å². The molecule has 0 spiro atoms. The van der Waals surface area contributed by atoms with Gasteiger partial charge in [0.2, 0.25) is 0 Å². The van der Waals surface area contributed by atoms with Gasteiger partial charge < -0.3 is 5.11 Å². The standard InChI is InChI=1S/C12H23NO/c1-6-8-10(3)13(12(5)14)11(4)9-7-2/h6-7,10-12,14H,1-2,8-9H2,3-5H3. The van der Waals surface area contributed by atoms with E-state index in [2.05, 4.69) is 31.9 Å². The van der Waals surface area contributed by atoms with Crippen LogP contribution in [0.1, 0.15) is 33.6 Å². The Kier molecular flexibility index (Phi) is 6.50. The summed E-state index contributed by atoms with van der Waals surface area (Å²) in [5.41, 5.74) is 0. The number of hydrogen-bond donors (Lipinski definition) is 1. The molecule has 0 rings (SSSR count). The lowest BCUT2D eigenvalue weighted by atomic mass is 10.1. The van der Waals surface area contributed by atoms with E-state index >= 15 is 0 Å². The van der Waals surface area contributed by atoms with Crippen LogP contribution in [0, 0.1) is 0 Å². The molecule has 0 fully saturated rings. The minimum absolute atomic E-state index is 0.322. The van der Waals surface area contributed by atoms with E-state index in [1.165, 1.54) is 0 Å². The molecule has 0 aromatic heterocycles. The quantitative estimate of drug-likeness (QED) is 0.501. The van der Waals surface area contributed by atoms with Gasteiger partial charge in [-0.2, -0.15) is 0 Å². The number of nitrogens with zero attached hydrogens (tertiary/aromatic N) is 1. The first-order chi connectivity index (χ1) is 6.54. The fourth-order valence-electron chi connectivity index (χ4n) is 1.90. The van der Waals surface area contributed by atoms with Gasteiger partial charge in [0.15, 0.2) is 0 Å². The molecule has 0 saturated heterocycles. The van der Waals surface area contributed by atoms with Gasteiger partial charge in [-0.1, -0.05) is 12.2 Å². The molecule has 82 valence electrons. The molecular formula is C12H23NO. The second kappa shape index (κ2) is 6.80. The number of aliphatic hydroxyl groups excluding tert-OH is 1. The van der Waals surface area contributed by atoms with Gasteiger partial charge in [0.25, 0.3) is 0 Å². The second-order valence-electron chi connectivity index (χ2n) is 3.83. The Morgan fingerprint density at radius 2 is 1.43 bits per heavy atom. The zero-order valence-corrected chi connectivity index (χ0v) is 9.61. The van der Waals surface area contributed by atoms with Gasteiger partial charge in [0, 0.05) is 12.1 Å². The zero-order chi connectivity index (χ0) is 11.1. The third-order valence-corrected chi connectivity index (χ3v) is 2.46. The SMILES string of the molecule is C=CCC(C)N(C(C)O)C(C)CC=C. The fourth-order valence-corrected chi connectivity index (χ4v) is 1.90. The van der Waals surface area contributed by atoms with Crippen molar-refractivity contribution in [1.29, 1.82) is 0 Å². The lowest BCUT2D eigenvalue weighted by molar-refractivity contribution is -0.0314. The first-order valence-corrected chi connectivity index (χ1v) is 5.21. The molecule has 0 radical (unpaired) electrons. The van der Waals surface area contributed by atoms with Crippen LogP contribution in [-0.4, -0.2) is 28.3 Å². The topological polar surface area (TPSA) is 23.5 Å². The summed E-state index contributed by atoms with van der Waals surface area (Å²) in [7, 11) is 0. The van der Waals surface area contributed by atoms with Crippen molar-refractivity contribution in [3.63, 3.8) is 0 Å². The molecular weight excluding hydrogens is 174 g/mol. The maximum Gasteiger partial charge on any atom is 0.105 e. The molecule has 0 bridgehead atoms. The molecule has 2 nitrogen and oxygen atoms in total. The minimum Gasteiger partial charge on any atom is -0.379 e. The largest absolute Gasteiger partial charge is 0.379 e. The summed E-state index contributed by atoms with van der Waals surface area (Å²) in [6.45, 7) is 13.5. The van der Waals surface area contributed by atoms with Gasteiger partial charge in [-0.3, -0.25) is 4.90 Å². The monoisotopic (exact) mass is 197 g/mol. The lowest BCUT2D eigenvalue weighted by Crippen LogP contribution is -2.45. The Morgan fingerprint density at radius 3 is 1.64 bits per heavy atom. The first-order valence-electron chi connectivity index (χ1n) is 5.21. The van der Waals surface area contributed by atoms with E-state index in [0.717, 1.165) is 12.8 Å². The zero-order valence-electron chi connectivity index (χ0n) is 9.61. The van der Waals surface area contributed by atoms with E-state index in [-0.39, 0.29) is 0 Å². The lowest BCUT2D eigenvalue weighted by Gasteiger charge is -2.36. The average Bonchev–Trinajstić information content (AvgIpc) is 2.04. The van der Waals surface area contributed by atoms with Crippen molar-refractivity contribution >= 4 is 0 Å². The second-order valence-corrected chi connectivity index (χ2v) is 3.83. The van der Waals surface area contributed by atoms with Crippen molar-refractivity contribution in [2.75, 3.05) is 0 Å². The molecule has 2 heteroatoms. The number of hydrogen-bond acceptors (Lipinski definition) is 2. The maximum absolute atomic E-state index is 9.66. The van der Waals surface area contributed by atoms with E-state index in [0.29, 0.717) is 12.1 Å². The molecule has 3 unspecified atom stereocenters. The van der Waals surface area contributed by atoms with Crippen LogP contribution >= 0.6 is 0 Å². The smallest absolute Gasteiger partial charge is 0.105 e. The van der Waals surface area contributed by atoms with Crippen LogP contribution in [0.25, 0.3) is 0 Å². The predicted octanol–water partition coefficient (Wildman–Crippen LogP) is 2.56. The van der Waals surface area contributed by atoms with Crippen LogP contribution in [0.3, 0.4) is 0 Å². The van der Waals surface area contributed by atoms with Crippen LogP contribution in [0.15, 0.2) is 25.3 Å². The molecule has 0 aromatic rings. The Bertz CT molecular complexity index is 161. The highest BCUT2D eigenvalue weighted by Gasteiger charge is 2.22. The Hall–Kier alpha value is -0.600. The Labute approximate surface area is 87.9 Å². The van der Waals surface area contributed by atoms with Crippen molar-refractivity contribution in [1.82, 2.24) is 4.90 Å². The highest BCUT2D eigenvalue weighted by molar-refractivity contribution is 4.84. The van der Waals surface area contributed by atoms with E-state index in [1.807, 2.05) is 12.2 Å². The summed E-state index contributed by atoms with van der Waals surface area (Å²) >= 11 is 0. The van der Waals surface area contributed by atoms with E-state index in [4.69, 9.17) is 0 Å². The Balaban J connectivity index is 4.40. The third-order valence-electron chi connectivity index (χ3n) is 2.46. The van der Waals surface area contributed by atoms with Gasteiger partial charge in [-0.15, -0.1) is 13.2 Å². The summed E-state index contributed by atoms with van der Waals surface area (Å²) in [6.07, 6.45) is 5.15. The maximum atomic E-state index is 9.66.